The van der Waals surface area contributed by atoms with Crippen molar-refractivity contribution in [3.8, 4) is 5.69 Å². The second kappa shape index (κ2) is 6.60. The van der Waals surface area contributed by atoms with Crippen LogP contribution in [0, 0.1) is 10.1 Å². The maximum atomic E-state index is 11.2. The van der Waals surface area contributed by atoms with Crippen LogP contribution in [0.4, 0.5) is 11.4 Å². The second-order valence-electron chi connectivity index (χ2n) is 5.65. The van der Waals surface area contributed by atoms with Crippen LogP contribution in [0.2, 0.25) is 0 Å². The third-order valence-electron chi connectivity index (χ3n) is 4.02. The van der Waals surface area contributed by atoms with Gasteiger partial charge in [0.2, 0.25) is 0 Å². The molecule has 0 aliphatic heterocycles. The van der Waals surface area contributed by atoms with Gasteiger partial charge in [0.05, 0.1) is 21.7 Å². The van der Waals surface area contributed by atoms with Crippen LogP contribution in [0.5, 0.6) is 0 Å². The van der Waals surface area contributed by atoms with Crippen molar-refractivity contribution >= 4 is 22.3 Å². The van der Waals surface area contributed by atoms with E-state index in [1.54, 1.807) is 35.4 Å². The first-order chi connectivity index (χ1) is 12.7. The van der Waals surface area contributed by atoms with E-state index in [-0.39, 0.29) is 5.69 Å². The Labute approximate surface area is 148 Å². The summed E-state index contributed by atoms with van der Waals surface area (Å²) in [5.74, 6) is 0. The van der Waals surface area contributed by atoms with Gasteiger partial charge in [0.15, 0.2) is 0 Å². The van der Waals surface area contributed by atoms with Gasteiger partial charge in [-0.25, -0.2) is 9.67 Å². The Morgan fingerprint density at radius 3 is 2.88 bits per heavy atom. The fourth-order valence-electron chi connectivity index (χ4n) is 2.81. The summed E-state index contributed by atoms with van der Waals surface area (Å²) in [6, 6.07) is 14.5. The largest absolute Gasteiger partial charge is 0.379 e. The van der Waals surface area contributed by atoms with Crippen molar-refractivity contribution in [3.63, 3.8) is 0 Å². The van der Waals surface area contributed by atoms with Gasteiger partial charge in [-0.3, -0.25) is 15.1 Å². The van der Waals surface area contributed by atoms with Crippen LogP contribution in [0.15, 0.2) is 67.4 Å². The minimum Gasteiger partial charge on any atom is -0.379 e. The molecule has 1 N–H and O–H groups in total. The lowest BCUT2D eigenvalue weighted by Crippen LogP contribution is -2.03. The third kappa shape index (κ3) is 2.95. The molecule has 0 saturated carbocycles. The molecule has 0 spiro atoms. The van der Waals surface area contributed by atoms with Crippen LogP contribution in [-0.2, 0) is 6.54 Å². The first-order valence-electron chi connectivity index (χ1n) is 7.92. The molecule has 0 aliphatic rings. The van der Waals surface area contributed by atoms with Gasteiger partial charge >= 0.3 is 0 Å². The van der Waals surface area contributed by atoms with Gasteiger partial charge in [0, 0.05) is 18.8 Å². The van der Waals surface area contributed by atoms with Crippen molar-refractivity contribution in [1.29, 1.82) is 0 Å². The summed E-state index contributed by atoms with van der Waals surface area (Å²) in [6.45, 7) is 0.548. The highest BCUT2D eigenvalue weighted by molar-refractivity contribution is 5.96. The minimum absolute atomic E-state index is 0.0480. The third-order valence-corrected chi connectivity index (χ3v) is 4.02. The lowest BCUT2D eigenvalue weighted by molar-refractivity contribution is -0.383. The number of benzene rings is 2. The predicted octanol–water partition coefficient (Wildman–Crippen LogP) is 3.34. The highest BCUT2D eigenvalue weighted by Crippen LogP contribution is 2.30. The van der Waals surface area contributed by atoms with E-state index in [1.165, 1.54) is 12.4 Å². The summed E-state index contributed by atoms with van der Waals surface area (Å²) >= 11 is 0. The molecule has 0 atom stereocenters. The molecule has 2 aromatic heterocycles. The molecule has 8 nitrogen and oxygen atoms in total. The number of nitrogens with zero attached hydrogens (tertiary/aromatic N) is 5. The Hall–Kier alpha value is -3.81. The average molecular weight is 346 g/mol. The molecule has 2 aromatic carbocycles. The van der Waals surface area contributed by atoms with E-state index in [4.69, 9.17) is 0 Å². The van der Waals surface area contributed by atoms with Crippen LogP contribution < -0.4 is 5.32 Å². The molecule has 0 amide bonds. The molecule has 4 aromatic rings. The maximum absolute atomic E-state index is 11.2. The smallest absolute Gasteiger partial charge is 0.278 e. The van der Waals surface area contributed by atoms with Gasteiger partial charge in [-0.2, -0.15) is 5.10 Å². The zero-order valence-corrected chi connectivity index (χ0v) is 13.6. The number of fused-ring (bicyclic) bond motifs is 1. The first kappa shape index (κ1) is 15.7. The van der Waals surface area contributed by atoms with Gasteiger partial charge in [0.1, 0.15) is 18.2 Å². The summed E-state index contributed by atoms with van der Waals surface area (Å²) in [7, 11) is 0. The minimum atomic E-state index is -0.393. The molecular weight excluding hydrogens is 332 g/mol. The molecule has 0 fully saturated rings. The molecule has 0 unspecified atom stereocenters. The number of rotatable bonds is 5. The number of anilines is 1. The van der Waals surface area contributed by atoms with Crippen LogP contribution in [0.3, 0.4) is 0 Å². The van der Waals surface area contributed by atoms with Gasteiger partial charge in [0.25, 0.3) is 5.69 Å². The maximum Gasteiger partial charge on any atom is 0.278 e. The Bertz CT molecular complexity index is 1080. The second-order valence-corrected chi connectivity index (χ2v) is 5.65. The Morgan fingerprint density at radius 1 is 1.15 bits per heavy atom. The number of non-ortho nitro benzene ring substituents is 1. The highest BCUT2D eigenvalue weighted by atomic mass is 16.6. The SMILES string of the molecule is O=[N+]([O-])c1ccc(NCc2cccc(-n3cncn3)c2)c2ncccc12. The zero-order chi connectivity index (χ0) is 17.9. The summed E-state index contributed by atoms with van der Waals surface area (Å²) in [4.78, 5) is 19.1. The average Bonchev–Trinajstić information content (AvgIpc) is 3.21. The van der Waals surface area contributed by atoms with Crippen LogP contribution >= 0.6 is 0 Å². The Morgan fingerprint density at radius 2 is 2.08 bits per heavy atom. The van der Waals surface area contributed by atoms with Crippen molar-refractivity contribution < 1.29 is 4.92 Å². The fourth-order valence-corrected chi connectivity index (χ4v) is 2.81. The zero-order valence-electron chi connectivity index (χ0n) is 13.6. The van der Waals surface area contributed by atoms with E-state index in [2.05, 4.69) is 20.4 Å². The number of hydrogen-bond acceptors (Lipinski definition) is 6. The van der Waals surface area contributed by atoms with E-state index < -0.39 is 4.92 Å². The number of nitrogens with one attached hydrogen (secondary N) is 1. The molecular formula is C18H14N6O2. The standard InChI is InChI=1S/C18H14N6O2/c25-24(26)17-7-6-16(18-15(17)5-2-8-20-18)21-10-13-3-1-4-14(9-13)23-12-19-11-22-23/h1-9,11-12,21H,10H2. The lowest BCUT2D eigenvalue weighted by Gasteiger charge is -2.10. The molecule has 0 radical (unpaired) electrons. The van der Waals surface area contributed by atoms with E-state index in [0.717, 1.165) is 16.9 Å². The highest BCUT2D eigenvalue weighted by Gasteiger charge is 2.14. The van der Waals surface area contributed by atoms with Crippen molar-refractivity contribution in [2.45, 2.75) is 6.54 Å². The van der Waals surface area contributed by atoms with Crippen molar-refractivity contribution in [2.75, 3.05) is 5.32 Å². The summed E-state index contributed by atoms with van der Waals surface area (Å²) in [5, 5.41) is 19.1. The van der Waals surface area contributed by atoms with Gasteiger partial charge in [-0.15, -0.1) is 0 Å². The van der Waals surface area contributed by atoms with E-state index in [1.807, 2.05) is 24.3 Å². The monoisotopic (exact) mass is 346 g/mol. The number of hydrogen-bond donors (Lipinski definition) is 1. The van der Waals surface area contributed by atoms with Crippen LogP contribution in [-0.4, -0.2) is 24.7 Å². The predicted molar refractivity (Wildman–Crippen MR) is 97.1 cm³/mol. The normalized spacial score (nSPS) is 10.8. The van der Waals surface area contributed by atoms with Crippen molar-refractivity contribution in [1.82, 2.24) is 19.7 Å². The van der Waals surface area contributed by atoms with E-state index in [0.29, 0.717) is 17.4 Å². The molecule has 8 heteroatoms. The molecule has 0 saturated heterocycles. The molecule has 128 valence electrons. The Balaban J connectivity index is 1.62. The van der Waals surface area contributed by atoms with Crippen molar-refractivity contribution in [2.24, 2.45) is 0 Å². The molecule has 0 bridgehead atoms. The lowest BCUT2D eigenvalue weighted by atomic mass is 10.1. The fraction of sp³-hybridized carbons (Fsp3) is 0.0556. The molecule has 0 aliphatic carbocycles. The topological polar surface area (TPSA) is 98.8 Å². The summed E-state index contributed by atoms with van der Waals surface area (Å²) in [5.41, 5.74) is 3.33. The van der Waals surface area contributed by atoms with E-state index >= 15 is 0 Å². The number of pyridine rings is 1. The number of aromatic nitrogens is 4. The summed E-state index contributed by atoms with van der Waals surface area (Å²) < 4.78 is 1.69. The van der Waals surface area contributed by atoms with Crippen molar-refractivity contribution in [3.05, 3.63) is 83.1 Å². The quantitative estimate of drug-likeness (QED) is 0.439. The number of nitro groups is 1. The van der Waals surface area contributed by atoms with Gasteiger partial charge in [-0.1, -0.05) is 12.1 Å². The molecule has 26 heavy (non-hydrogen) atoms. The first-order valence-corrected chi connectivity index (χ1v) is 7.92. The molecule has 4 rings (SSSR count). The summed E-state index contributed by atoms with van der Waals surface area (Å²) in [6.07, 6.45) is 4.75. The van der Waals surface area contributed by atoms with Crippen LogP contribution in [0.25, 0.3) is 16.6 Å². The van der Waals surface area contributed by atoms with E-state index in [9.17, 15) is 10.1 Å². The van der Waals surface area contributed by atoms with Gasteiger partial charge in [-0.05, 0) is 35.9 Å². The van der Waals surface area contributed by atoms with Gasteiger partial charge < -0.3 is 5.32 Å². The number of nitro benzene ring substituents is 1. The Kier molecular flexibility index (Phi) is 3.98. The molecule has 2 heterocycles. The van der Waals surface area contributed by atoms with Crippen LogP contribution in [0.1, 0.15) is 5.56 Å².